The Morgan fingerprint density at radius 2 is 1.87 bits per heavy atom. The van der Waals surface area contributed by atoms with E-state index in [1.807, 2.05) is 0 Å². The van der Waals surface area contributed by atoms with E-state index in [9.17, 15) is 0 Å². The van der Waals surface area contributed by atoms with Crippen LogP contribution in [-0.2, 0) is 0 Å². The number of hydrogen-bond acceptors (Lipinski definition) is 2. The molecule has 1 saturated carbocycles. The van der Waals surface area contributed by atoms with Gasteiger partial charge in [0.1, 0.15) is 0 Å². The summed E-state index contributed by atoms with van der Waals surface area (Å²) in [5.74, 6) is 1.77. The van der Waals surface area contributed by atoms with Crippen molar-refractivity contribution in [1.82, 2.24) is 4.90 Å². The fourth-order valence-electron chi connectivity index (χ4n) is 3.40. The highest BCUT2D eigenvalue weighted by molar-refractivity contribution is 4.81. The standard InChI is InChI=1S/C13H26N2/c1-11-7-13(14)10-15(8-11)9-12-5-3-2-4-6-12/h11-13H,2-10,14H2,1H3. The van der Waals surface area contributed by atoms with E-state index in [4.69, 9.17) is 5.73 Å². The molecule has 2 fully saturated rings. The van der Waals surface area contributed by atoms with Gasteiger partial charge in [0.2, 0.25) is 0 Å². The Labute approximate surface area is 94.2 Å². The molecule has 2 heteroatoms. The molecule has 1 aliphatic heterocycles. The first-order valence-corrected chi connectivity index (χ1v) is 6.72. The molecular formula is C13H26N2. The molecule has 1 saturated heterocycles. The lowest BCUT2D eigenvalue weighted by Gasteiger charge is -2.37. The lowest BCUT2D eigenvalue weighted by molar-refractivity contribution is 0.131. The Bertz CT molecular complexity index is 177. The van der Waals surface area contributed by atoms with Crippen molar-refractivity contribution >= 4 is 0 Å². The Morgan fingerprint density at radius 3 is 2.53 bits per heavy atom. The van der Waals surface area contributed by atoms with Crippen LogP contribution in [-0.4, -0.2) is 30.6 Å². The molecule has 2 N–H and O–H groups in total. The topological polar surface area (TPSA) is 29.3 Å². The molecule has 0 aromatic carbocycles. The van der Waals surface area contributed by atoms with E-state index in [0.717, 1.165) is 18.4 Å². The van der Waals surface area contributed by atoms with Crippen LogP contribution in [0.15, 0.2) is 0 Å². The molecule has 0 radical (unpaired) electrons. The number of nitrogens with zero attached hydrogens (tertiary/aromatic N) is 1. The molecule has 2 aliphatic rings. The summed E-state index contributed by atoms with van der Waals surface area (Å²) in [4.78, 5) is 2.62. The summed E-state index contributed by atoms with van der Waals surface area (Å²) in [6.07, 6.45) is 8.52. The fraction of sp³-hybridized carbons (Fsp3) is 1.00. The van der Waals surface area contributed by atoms with E-state index in [0.29, 0.717) is 6.04 Å². The first-order valence-electron chi connectivity index (χ1n) is 6.72. The average molecular weight is 210 g/mol. The summed E-state index contributed by atoms with van der Waals surface area (Å²) in [5.41, 5.74) is 6.08. The van der Waals surface area contributed by atoms with Gasteiger partial charge in [-0.2, -0.15) is 0 Å². The number of likely N-dealkylation sites (tertiary alicyclic amines) is 1. The van der Waals surface area contributed by atoms with Crippen molar-refractivity contribution in [1.29, 1.82) is 0 Å². The van der Waals surface area contributed by atoms with Gasteiger partial charge in [-0.15, -0.1) is 0 Å². The largest absolute Gasteiger partial charge is 0.327 e. The van der Waals surface area contributed by atoms with Crippen LogP contribution < -0.4 is 5.73 Å². The molecular weight excluding hydrogens is 184 g/mol. The highest BCUT2D eigenvalue weighted by Crippen LogP contribution is 2.26. The van der Waals surface area contributed by atoms with E-state index in [-0.39, 0.29) is 0 Å². The van der Waals surface area contributed by atoms with Crippen molar-refractivity contribution in [2.75, 3.05) is 19.6 Å². The summed E-state index contributed by atoms with van der Waals surface area (Å²) in [6, 6.07) is 0.428. The lowest BCUT2D eigenvalue weighted by atomic mass is 9.87. The maximum atomic E-state index is 6.08. The predicted octanol–water partition coefficient (Wildman–Crippen LogP) is 2.24. The van der Waals surface area contributed by atoms with Crippen molar-refractivity contribution in [2.24, 2.45) is 17.6 Å². The Morgan fingerprint density at radius 1 is 1.13 bits per heavy atom. The van der Waals surface area contributed by atoms with Crippen LogP contribution >= 0.6 is 0 Å². The molecule has 2 unspecified atom stereocenters. The quantitative estimate of drug-likeness (QED) is 0.757. The maximum Gasteiger partial charge on any atom is 0.0170 e. The van der Waals surface area contributed by atoms with Gasteiger partial charge in [0.05, 0.1) is 0 Å². The van der Waals surface area contributed by atoms with Gasteiger partial charge in [0.15, 0.2) is 0 Å². The predicted molar refractivity (Wildman–Crippen MR) is 64.8 cm³/mol. The minimum absolute atomic E-state index is 0.428. The number of rotatable bonds is 2. The molecule has 0 bridgehead atoms. The van der Waals surface area contributed by atoms with Gasteiger partial charge >= 0.3 is 0 Å². The van der Waals surface area contributed by atoms with Gasteiger partial charge in [-0.05, 0) is 31.1 Å². The van der Waals surface area contributed by atoms with Crippen LogP contribution in [0.2, 0.25) is 0 Å². The zero-order valence-electron chi connectivity index (χ0n) is 10.1. The van der Waals surface area contributed by atoms with E-state index < -0.39 is 0 Å². The Hall–Kier alpha value is -0.0800. The third-order valence-electron chi connectivity index (χ3n) is 4.01. The number of piperidine rings is 1. The van der Waals surface area contributed by atoms with Crippen LogP contribution in [0, 0.1) is 11.8 Å². The van der Waals surface area contributed by atoms with Gasteiger partial charge < -0.3 is 10.6 Å². The summed E-state index contributed by atoms with van der Waals surface area (Å²) < 4.78 is 0. The second-order valence-electron chi connectivity index (χ2n) is 5.82. The minimum Gasteiger partial charge on any atom is -0.327 e. The molecule has 1 heterocycles. The molecule has 2 rings (SSSR count). The van der Waals surface area contributed by atoms with Crippen molar-refractivity contribution in [3.63, 3.8) is 0 Å². The normalized spacial score (nSPS) is 35.6. The van der Waals surface area contributed by atoms with E-state index >= 15 is 0 Å². The fourth-order valence-corrected chi connectivity index (χ4v) is 3.40. The van der Waals surface area contributed by atoms with Crippen LogP contribution in [0.1, 0.15) is 45.4 Å². The third kappa shape index (κ3) is 3.46. The van der Waals surface area contributed by atoms with Crippen LogP contribution in [0.3, 0.4) is 0 Å². The highest BCUT2D eigenvalue weighted by Gasteiger charge is 2.24. The number of nitrogens with two attached hydrogens (primary N) is 1. The lowest BCUT2D eigenvalue weighted by Crippen LogP contribution is -2.47. The molecule has 0 aromatic heterocycles. The second kappa shape index (κ2) is 5.31. The zero-order valence-corrected chi connectivity index (χ0v) is 10.1. The monoisotopic (exact) mass is 210 g/mol. The molecule has 1 aliphatic carbocycles. The van der Waals surface area contributed by atoms with E-state index in [1.165, 1.54) is 51.6 Å². The summed E-state index contributed by atoms with van der Waals surface area (Å²) >= 11 is 0. The average Bonchev–Trinajstić information content (AvgIpc) is 2.17. The maximum absolute atomic E-state index is 6.08. The van der Waals surface area contributed by atoms with Gasteiger partial charge in [-0.25, -0.2) is 0 Å². The molecule has 0 spiro atoms. The van der Waals surface area contributed by atoms with Crippen molar-refractivity contribution in [2.45, 2.75) is 51.5 Å². The number of hydrogen-bond donors (Lipinski definition) is 1. The van der Waals surface area contributed by atoms with Gasteiger partial charge in [-0.3, -0.25) is 0 Å². The van der Waals surface area contributed by atoms with Gasteiger partial charge in [0.25, 0.3) is 0 Å². The van der Waals surface area contributed by atoms with Crippen molar-refractivity contribution < 1.29 is 0 Å². The highest BCUT2D eigenvalue weighted by atomic mass is 15.1. The zero-order chi connectivity index (χ0) is 10.7. The van der Waals surface area contributed by atoms with E-state index in [2.05, 4.69) is 11.8 Å². The van der Waals surface area contributed by atoms with Crippen molar-refractivity contribution in [3.05, 3.63) is 0 Å². The second-order valence-corrected chi connectivity index (χ2v) is 5.82. The first kappa shape index (κ1) is 11.4. The summed E-state index contributed by atoms with van der Waals surface area (Å²) in [6.45, 7) is 6.08. The van der Waals surface area contributed by atoms with Gasteiger partial charge in [0, 0.05) is 25.7 Å². The summed E-state index contributed by atoms with van der Waals surface area (Å²) in [7, 11) is 0. The molecule has 88 valence electrons. The SMILES string of the molecule is CC1CC(N)CN(CC2CCCCC2)C1. The van der Waals surface area contributed by atoms with E-state index in [1.54, 1.807) is 0 Å². The minimum atomic E-state index is 0.428. The van der Waals surface area contributed by atoms with Gasteiger partial charge in [-0.1, -0.05) is 26.2 Å². The molecule has 0 aromatic rings. The molecule has 2 nitrogen and oxygen atoms in total. The molecule has 2 atom stereocenters. The Balaban J connectivity index is 1.77. The molecule has 0 amide bonds. The smallest absolute Gasteiger partial charge is 0.0170 e. The summed E-state index contributed by atoms with van der Waals surface area (Å²) in [5, 5.41) is 0. The van der Waals surface area contributed by atoms with Crippen molar-refractivity contribution in [3.8, 4) is 0 Å². The van der Waals surface area contributed by atoms with Crippen LogP contribution in [0.5, 0.6) is 0 Å². The third-order valence-corrected chi connectivity index (χ3v) is 4.01. The molecule has 15 heavy (non-hydrogen) atoms. The van der Waals surface area contributed by atoms with Crippen LogP contribution in [0.4, 0.5) is 0 Å². The Kier molecular flexibility index (Phi) is 4.04. The van der Waals surface area contributed by atoms with Crippen LogP contribution in [0.25, 0.3) is 0 Å². The first-order chi connectivity index (χ1) is 7.24.